The molecule has 5 heteroatoms. The van der Waals surface area contributed by atoms with Crippen LogP contribution in [0.25, 0.3) is 0 Å². The third-order valence-corrected chi connectivity index (χ3v) is 4.66. The molecule has 1 fully saturated rings. The molecule has 1 atom stereocenters. The van der Waals surface area contributed by atoms with Gasteiger partial charge in [0.2, 0.25) is 0 Å². The number of likely N-dealkylation sites (tertiary alicyclic amines) is 1. The van der Waals surface area contributed by atoms with Crippen molar-refractivity contribution in [1.82, 2.24) is 10.2 Å². The fourth-order valence-electron chi connectivity index (χ4n) is 3.23. The van der Waals surface area contributed by atoms with Gasteiger partial charge in [-0.2, -0.15) is 0 Å². The summed E-state index contributed by atoms with van der Waals surface area (Å²) in [7, 11) is 0. The molecule has 0 aromatic heterocycles. The van der Waals surface area contributed by atoms with Crippen LogP contribution in [0.3, 0.4) is 0 Å². The summed E-state index contributed by atoms with van der Waals surface area (Å²) in [5.41, 5.74) is 1.93. The number of amides is 2. The summed E-state index contributed by atoms with van der Waals surface area (Å²) in [5.74, 6) is -0.310. The lowest BCUT2D eigenvalue weighted by Gasteiger charge is -2.25. The number of hydrogen-bond donors (Lipinski definition) is 1. The minimum atomic E-state index is -0.287. The van der Waals surface area contributed by atoms with Crippen LogP contribution < -0.4 is 5.32 Å². The largest absolute Gasteiger partial charge is 0.334 e. The van der Waals surface area contributed by atoms with Crippen molar-refractivity contribution in [3.8, 4) is 0 Å². The lowest BCUT2D eigenvalue weighted by molar-refractivity contribution is 0.197. The van der Waals surface area contributed by atoms with E-state index in [-0.39, 0.29) is 23.6 Å². The smallest absolute Gasteiger partial charge is 0.317 e. The van der Waals surface area contributed by atoms with Crippen LogP contribution in [-0.2, 0) is 6.54 Å². The van der Waals surface area contributed by atoms with E-state index < -0.39 is 0 Å². The molecule has 2 amide bonds. The molecule has 0 bridgehead atoms. The molecule has 1 aliphatic heterocycles. The van der Waals surface area contributed by atoms with Gasteiger partial charge in [0.05, 0.1) is 0 Å². The van der Waals surface area contributed by atoms with Gasteiger partial charge < -0.3 is 10.2 Å². The Morgan fingerprint density at radius 3 is 2.32 bits per heavy atom. The van der Waals surface area contributed by atoms with E-state index in [1.54, 1.807) is 24.3 Å². The number of halogens is 2. The van der Waals surface area contributed by atoms with Crippen molar-refractivity contribution in [3.05, 3.63) is 71.3 Å². The Morgan fingerprint density at radius 1 is 1.00 bits per heavy atom. The summed E-state index contributed by atoms with van der Waals surface area (Å²) in [6.45, 7) is 1.71. The first kappa shape index (κ1) is 17.4. The Bertz CT molecular complexity index is 701. The quantitative estimate of drug-likeness (QED) is 0.877. The van der Waals surface area contributed by atoms with E-state index in [2.05, 4.69) is 5.32 Å². The van der Waals surface area contributed by atoms with E-state index >= 15 is 0 Å². The van der Waals surface area contributed by atoms with E-state index in [4.69, 9.17) is 0 Å². The third-order valence-electron chi connectivity index (χ3n) is 4.66. The molecule has 2 aromatic rings. The molecule has 1 heterocycles. The highest BCUT2D eigenvalue weighted by Gasteiger charge is 2.23. The molecule has 3 nitrogen and oxygen atoms in total. The Balaban J connectivity index is 1.60. The van der Waals surface area contributed by atoms with Gasteiger partial charge in [0.1, 0.15) is 11.6 Å². The van der Waals surface area contributed by atoms with Gasteiger partial charge in [-0.15, -0.1) is 0 Å². The summed E-state index contributed by atoms with van der Waals surface area (Å²) in [4.78, 5) is 14.3. The lowest BCUT2D eigenvalue weighted by atomic mass is 9.94. The van der Waals surface area contributed by atoms with Crippen LogP contribution in [0.4, 0.5) is 13.6 Å². The molecule has 0 saturated carbocycles. The van der Waals surface area contributed by atoms with Gasteiger partial charge in [-0.05, 0) is 48.2 Å². The summed E-state index contributed by atoms with van der Waals surface area (Å²) in [5, 5.41) is 2.90. The first-order valence-corrected chi connectivity index (χ1v) is 8.64. The third kappa shape index (κ3) is 4.78. The lowest BCUT2D eigenvalue weighted by Crippen LogP contribution is -2.41. The monoisotopic (exact) mass is 344 g/mol. The van der Waals surface area contributed by atoms with E-state index in [1.807, 2.05) is 4.90 Å². The first-order chi connectivity index (χ1) is 12.1. The molecule has 2 aromatic carbocycles. The summed E-state index contributed by atoms with van der Waals surface area (Å²) in [6, 6.07) is 12.5. The number of carbonyl (C=O) groups excluding carboxylic acids is 1. The molecular formula is C20H22F2N2O. The fourth-order valence-corrected chi connectivity index (χ4v) is 3.23. The second-order valence-electron chi connectivity index (χ2n) is 6.48. The number of nitrogens with zero attached hydrogens (tertiary/aromatic N) is 1. The van der Waals surface area contributed by atoms with Gasteiger partial charge in [-0.1, -0.05) is 30.7 Å². The van der Waals surface area contributed by atoms with Crippen molar-refractivity contribution in [2.24, 2.45) is 0 Å². The van der Waals surface area contributed by atoms with Gasteiger partial charge in [0.25, 0.3) is 0 Å². The van der Waals surface area contributed by atoms with Gasteiger partial charge in [-0.25, -0.2) is 13.6 Å². The SMILES string of the molecule is O=C(NCc1ccc(F)cc1)N1CCCCC(c2ccc(F)cc2)C1. The molecular weight excluding hydrogens is 322 g/mol. The average molecular weight is 344 g/mol. The van der Waals surface area contributed by atoms with Gasteiger partial charge in [-0.3, -0.25) is 0 Å². The summed E-state index contributed by atoms with van der Waals surface area (Å²) >= 11 is 0. The number of carbonyl (C=O) groups is 1. The Morgan fingerprint density at radius 2 is 1.64 bits per heavy atom. The molecule has 1 unspecified atom stereocenters. The number of hydrogen-bond acceptors (Lipinski definition) is 1. The van der Waals surface area contributed by atoms with Crippen molar-refractivity contribution in [3.63, 3.8) is 0 Å². The zero-order valence-electron chi connectivity index (χ0n) is 14.1. The van der Waals surface area contributed by atoms with E-state index in [0.29, 0.717) is 19.6 Å². The number of rotatable bonds is 3. The number of benzene rings is 2. The zero-order valence-corrected chi connectivity index (χ0v) is 14.1. The van der Waals surface area contributed by atoms with Crippen molar-refractivity contribution in [2.75, 3.05) is 13.1 Å². The second kappa shape index (κ2) is 8.10. The van der Waals surface area contributed by atoms with Crippen LogP contribution in [0, 0.1) is 11.6 Å². The highest BCUT2D eigenvalue weighted by molar-refractivity contribution is 5.74. The minimum absolute atomic E-state index is 0.113. The van der Waals surface area contributed by atoms with E-state index in [1.165, 1.54) is 24.3 Å². The van der Waals surface area contributed by atoms with Crippen LogP contribution in [0.15, 0.2) is 48.5 Å². The molecule has 0 spiro atoms. The van der Waals surface area contributed by atoms with Crippen LogP contribution in [-0.4, -0.2) is 24.0 Å². The maximum Gasteiger partial charge on any atom is 0.317 e. The number of nitrogens with one attached hydrogen (secondary N) is 1. The standard InChI is InChI=1S/C20H22F2N2O/c21-18-8-4-15(5-9-18)13-23-20(25)24-12-2-1-3-17(14-24)16-6-10-19(22)11-7-16/h4-11,17H,1-3,12-14H2,(H,23,25). The van der Waals surface area contributed by atoms with Crippen molar-refractivity contribution in [1.29, 1.82) is 0 Å². The maximum atomic E-state index is 13.1. The predicted octanol–water partition coefficient (Wildman–Crippen LogP) is 4.44. The van der Waals surface area contributed by atoms with E-state index in [0.717, 1.165) is 30.4 Å². The molecule has 1 aliphatic rings. The van der Waals surface area contributed by atoms with Gasteiger partial charge in [0.15, 0.2) is 0 Å². The maximum absolute atomic E-state index is 13.1. The Hall–Kier alpha value is -2.43. The van der Waals surface area contributed by atoms with Crippen molar-refractivity contribution < 1.29 is 13.6 Å². The fraction of sp³-hybridized carbons (Fsp3) is 0.350. The highest BCUT2D eigenvalue weighted by atomic mass is 19.1. The topological polar surface area (TPSA) is 32.3 Å². The molecule has 25 heavy (non-hydrogen) atoms. The van der Waals surface area contributed by atoms with Gasteiger partial charge >= 0.3 is 6.03 Å². The molecule has 3 rings (SSSR count). The minimum Gasteiger partial charge on any atom is -0.334 e. The first-order valence-electron chi connectivity index (χ1n) is 8.64. The van der Waals surface area contributed by atoms with E-state index in [9.17, 15) is 13.6 Å². The second-order valence-corrected chi connectivity index (χ2v) is 6.48. The van der Waals surface area contributed by atoms with Crippen molar-refractivity contribution >= 4 is 6.03 Å². The molecule has 1 saturated heterocycles. The Labute approximate surface area is 146 Å². The molecule has 1 N–H and O–H groups in total. The Kier molecular flexibility index (Phi) is 5.64. The number of urea groups is 1. The van der Waals surface area contributed by atoms with Crippen LogP contribution >= 0.6 is 0 Å². The molecule has 0 radical (unpaired) electrons. The average Bonchev–Trinajstić information content (AvgIpc) is 2.88. The van der Waals surface area contributed by atoms with Crippen molar-refractivity contribution in [2.45, 2.75) is 31.7 Å². The van der Waals surface area contributed by atoms with Crippen LogP contribution in [0.2, 0.25) is 0 Å². The summed E-state index contributed by atoms with van der Waals surface area (Å²) in [6.07, 6.45) is 3.00. The van der Waals surface area contributed by atoms with Crippen LogP contribution in [0.1, 0.15) is 36.3 Å². The normalized spacial score (nSPS) is 17.8. The zero-order chi connectivity index (χ0) is 17.6. The predicted molar refractivity (Wildman–Crippen MR) is 93.2 cm³/mol. The molecule has 0 aliphatic carbocycles. The van der Waals surface area contributed by atoms with Gasteiger partial charge in [0, 0.05) is 25.6 Å². The summed E-state index contributed by atoms with van der Waals surface area (Å²) < 4.78 is 26.1. The van der Waals surface area contributed by atoms with Crippen LogP contribution in [0.5, 0.6) is 0 Å². The molecule has 132 valence electrons. The highest BCUT2D eigenvalue weighted by Crippen LogP contribution is 2.26.